The number of hydrogen-bond acceptors (Lipinski definition) is 7. The number of amides is 1. The minimum absolute atomic E-state index is 0.0636. The summed E-state index contributed by atoms with van der Waals surface area (Å²) in [7, 11) is 3.35. The van der Waals surface area contributed by atoms with Gasteiger partial charge >= 0.3 is 0 Å². The molecule has 4 heterocycles. The predicted octanol–water partition coefficient (Wildman–Crippen LogP) is 2.58. The number of ether oxygens (including phenoxy) is 1. The fourth-order valence-electron chi connectivity index (χ4n) is 4.01. The maximum absolute atomic E-state index is 12.7. The Morgan fingerprint density at radius 1 is 1.31 bits per heavy atom. The molecule has 4 aromatic rings. The summed E-state index contributed by atoms with van der Waals surface area (Å²) in [4.78, 5) is 18.0. The lowest BCUT2D eigenvalue weighted by Gasteiger charge is -2.30. The van der Waals surface area contributed by atoms with E-state index >= 15 is 0 Å². The van der Waals surface area contributed by atoms with E-state index in [2.05, 4.69) is 25.7 Å². The quantitative estimate of drug-likeness (QED) is 0.513. The smallest absolute Gasteiger partial charge is 0.244 e. The molecule has 11 heteroatoms. The number of methoxy groups -OCH3 is 1. The molecule has 1 fully saturated rings. The molecule has 3 aromatic heterocycles. The van der Waals surface area contributed by atoms with Crippen LogP contribution in [0.3, 0.4) is 0 Å². The highest BCUT2D eigenvalue weighted by atomic mass is 19.1. The monoisotopic (exact) mass is 436 g/mol. The lowest BCUT2D eigenvalue weighted by molar-refractivity contribution is -0.132. The zero-order chi connectivity index (χ0) is 22.2. The number of benzene rings is 1. The molecule has 0 radical (unpaired) electrons. The van der Waals surface area contributed by atoms with Gasteiger partial charge in [0.15, 0.2) is 0 Å². The van der Waals surface area contributed by atoms with Crippen LogP contribution in [0, 0.1) is 0 Å². The first-order chi connectivity index (χ1) is 15.6. The van der Waals surface area contributed by atoms with Crippen LogP contribution in [0.5, 0.6) is 5.88 Å². The minimum Gasteiger partial charge on any atom is -0.479 e. The third-order valence-electron chi connectivity index (χ3n) is 5.61. The molecular weight excluding hydrogens is 415 g/mol. The number of likely N-dealkylation sites (tertiary alicyclic amines) is 1. The molecule has 1 amide bonds. The van der Waals surface area contributed by atoms with Crippen LogP contribution in [-0.2, 0) is 4.79 Å². The number of piperidine rings is 1. The molecule has 10 nitrogen and oxygen atoms in total. The number of rotatable bonds is 5. The van der Waals surface area contributed by atoms with Gasteiger partial charge in [-0.05, 0) is 30.2 Å². The van der Waals surface area contributed by atoms with Crippen molar-refractivity contribution >= 4 is 34.6 Å². The van der Waals surface area contributed by atoms with Crippen molar-refractivity contribution in [1.82, 2.24) is 34.5 Å². The van der Waals surface area contributed by atoms with Crippen molar-refractivity contribution in [3.8, 4) is 17.0 Å². The van der Waals surface area contributed by atoms with E-state index in [0.717, 1.165) is 17.5 Å². The van der Waals surface area contributed by atoms with Crippen LogP contribution in [0.4, 0.5) is 10.3 Å². The van der Waals surface area contributed by atoms with Crippen molar-refractivity contribution in [2.45, 2.75) is 18.9 Å². The third kappa shape index (κ3) is 3.41. The molecule has 1 aliphatic rings. The molecule has 0 bridgehead atoms. The van der Waals surface area contributed by atoms with E-state index in [1.165, 1.54) is 10.9 Å². The van der Waals surface area contributed by atoms with Gasteiger partial charge in [0, 0.05) is 37.8 Å². The molecule has 1 saturated heterocycles. The summed E-state index contributed by atoms with van der Waals surface area (Å²) in [5.41, 5.74) is 3.75. The number of fused-ring (bicyclic) bond motifs is 2. The molecule has 1 atom stereocenters. The summed E-state index contributed by atoms with van der Waals surface area (Å²) in [5.74, 6) is 0.982. The molecule has 32 heavy (non-hydrogen) atoms. The predicted molar refractivity (Wildman–Crippen MR) is 117 cm³/mol. The number of carbonyl (C=O) groups is 1. The van der Waals surface area contributed by atoms with Crippen LogP contribution >= 0.6 is 0 Å². The van der Waals surface area contributed by atoms with E-state index in [-0.39, 0.29) is 11.9 Å². The van der Waals surface area contributed by atoms with Crippen LogP contribution in [0.2, 0.25) is 0 Å². The summed E-state index contributed by atoms with van der Waals surface area (Å²) in [6, 6.07) is 7.60. The Morgan fingerprint density at radius 2 is 2.19 bits per heavy atom. The average Bonchev–Trinajstić information content (AvgIpc) is 3.40. The fraction of sp³-hybridized carbons (Fsp3) is 0.286. The van der Waals surface area contributed by atoms with E-state index in [1.54, 1.807) is 23.6 Å². The van der Waals surface area contributed by atoms with Crippen molar-refractivity contribution in [2.24, 2.45) is 0 Å². The Hall–Kier alpha value is -4.02. The van der Waals surface area contributed by atoms with Gasteiger partial charge in [-0.15, -0.1) is 10.2 Å². The van der Waals surface area contributed by atoms with Gasteiger partial charge in [-0.3, -0.25) is 4.79 Å². The normalized spacial score (nSPS) is 17.0. The number of carbonyl (C=O) groups excluding carboxylic acids is 1. The Bertz CT molecular complexity index is 1340. The van der Waals surface area contributed by atoms with Gasteiger partial charge < -0.3 is 15.0 Å². The van der Waals surface area contributed by atoms with Gasteiger partial charge in [-0.25, -0.2) is 13.6 Å². The van der Waals surface area contributed by atoms with Crippen LogP contribution in [0.1, 0.15) is 12.8 Å². The van der Waals surface area contributed by atoms with E-state index < -0.39 is 0 Å². The third-order valence-corrected chi connectivity index (χ3v) is 5.61. The van der Waals surface area contributed by atoms with Crippen molar-refractivity contribution in [3.05, 3.63) is 36.8 Å². The molecule has 1 unspecified atom stereocenters. The van der Waals surface area contributed by atoms with Gasteiger partial charge in [0.25, 0.3) is 0 Å². The molecule has 0 saturated carbocycles. The van der Waals surface area contributed by atoms with Crippen molar-refractivity contribution in [1.29, 1.82) is 0 Å². The number of likely N-dealkylation sites (N-methyl/N-ethyl adjacent to an activating group) is 1. The van der Waals surface area contributed by atoms with Crippen molar-refractivity contribution in [2.75, 3.05) is 26.0 Å². The number of nitrogens with zero attached hydrogens (tertiary/aromatic N) is 7. The van der Waals surface area contributed by atoms with Crippen LogP contribution < -0.4 is 10.1 Å². The Labute approximate surface area is 182 Å². The summed E-state index contributed by atoms with van der Waals surface area (Å²) < 4.78 is 21.3. The van der Waals surface area contributed by atoms with E-state index in [9.17, 15) is 9.18 Å². The zero-order valence-corrected chi connectivity index (χ0v) is 17.6. The first-order valence-electron chi connectivity index (χ1n) is 10.1. The summed E-state index contributed by atoms with van der Waals surface area (Å²) in [6.07, 6.45) is 4.66. The lowest BCUT2D eigenvalue weighted by atomic mass is 10.1. The van der Waals surface area contributed by atoms with Gasteiger partial charge in [0.05, 0.1) is 18.8 Å². The molecule has 0 aliphatic carbocycles. The topological polar surface area (TPSA) is 102 Å². The highest BCUT2D eigenvalue weighted by Gasteiger charge is 2.24. The summed E-state index contributed by atoms with van der Waals surface area (Å²) in [5, 5.41) is 15.9. The lowest BCUT2D eigenvalue weighted by Crippen LogP contribution is -2.43. The van der Waals surface area contributed by atoms with E-state index in [1.807, 2.05) is 30.5 Å². The largest absolute Gasteiger partial charge is 0.479 e. The van der Waals surface area contributed by atoms with Crippen LogP contribution in [0.15, 0.2) is 36.8 Å². The summed E-state index contributed by atoms with van der Waals surface area (Å²) >= 11 is 0. The Kier molecular flexibility index (Phi) is 4.92. The molecule has 5 rings (SSSR count). The van der Waals surface area contributed by atoms with E-state index in [4.69, 9.17) is 4.74 Å². The highest BCUT2D eigenvalue weighted by molar-refractivity contribution is 5.90. The van der Waals surface area contributed by atoms with Crippen molar-refractivity contribution < 1.29 is 13.9 Å². The maximum Gasteiger partial charge on any atom is 0.244 e. The first kappa shape index (κ1) is 19.9. The van der Waals surface area contributed by atoms with E-state index in [0.29, 0.717) is 47.7 Å². The molecule has 1 aliphatic heterocycles. The maximum atomic E-state index is 12.7. The molecule has 1 aromatic carbocycles. The minimum atomic E-state index is 0.0636. The van der Waals surface area contributed by atoms with Gasteiger partial charge in [-0.2, -0.15) is 4.98 Å². The van der Waals surface area contributed by atoms with Crippen LogP contribution in [0.25, 0.3) is 33.9 Å². The molecule has 164 valence electrons. The number of aromatic nitrogens is 6. The number of hydrogen-bond donors (Lipinski definition) is 1. The zero-order valence-electron chi connectivity index (χ0n) is 17.6. The molecule has 0 spiro atoms. The first-order valence-corrected chi connectivity index (χ1v) is 10.1. The van der Waals surface area contributed by atoms with Crippen LogP contribution in [-0.4, -0.2) is 67.1 Å². The number of anilines is 1. The highest BCUT2D eigenvalue weighted by Crippen LogP contribution is 2.33. The van der Waals surface area contributed by atoms with Gasteiger partial charge in [-0.1, -0.05) is 11.3 Å². The standard InChI is InChI=1S/C21H21FN8O2/c1-28-12-14(4-6-18(28)31)23-21-24-20(32-2)19-15(7-9-30(19)26-21)13-3-5-16-17(11-13)29(10-8-22)27-25-16/h3,5,7-11,14H,4,6,12H2,1-2H3,(H,23,26)/b10-8+. The Morgan fingerprint density at radius 3 is 2.97 bits per heavy atom. The number of nitrogens with one attached hydrogen (secondary N) is 1. The fourth-order valence-corrected chi connectivity index (χ4v) is 4.01. The second-order valence-corrected chi connectivity index (χ2v) is 7.63. The average molecular weight is 436 g/mol. The summed E-state index contributed by atoms with van der Waals surface area (Å²) in [6.45, 7) is 0.592. The van der Waals surface area contributed by atoms with Gasteiger partial charge in [0.1, 0.15) is 17.4 Å². The SMILES string of the molecule is COc1nc(NC2CCC(=O)N(C)C2)nn2ccc(-c3ccc4nnn(/C=C/F)c4c3)c12. The molecular formula is C21H21FN8O2. The Balaban J connectivity index is 1.52. The second-order valence-electron chi connectivity index (χ2n) is 7.63. The van der Waals surface area contributed by atoms with Crippen molar-refractivity contribution in [3.63, 3.8) is 0 Å². The van der Waals surface area contributed by atoms with Gasteiger partial charge in [0.2, 0.25) is 17.7 Å². The molecule has 1 N–H and O–H groups in total. The second kappa shape index (κ2) is 7.91. The number of halogens is 1.